The van der Waals surface area contributed by atoms with Crippen molar-refractivity contribution in [2.24, 2.45) is 5.92 Å². The number of methoxy groups -OCH3 is 1. The lowest BCUT2D eigenvalue weighted by Gasteiger charge is -2.17. The van der Waals surface area contributed by atoms with Crippen LogP contribution in [-0.4, -0.2) is 51.8 Å². The van der Waals surface area contributed by atoms with Gasteiger partial charge in [-0.05, 0) is 0 Å². The lowest BCUT2D eigenvalue weighted by Crippen LogP contribution is -2.36. The molecule has 1 fully saturated rings. The summed E-state index contributed by atoms with van der Waals surface area (Å²) in [5, 5.41) is 2.84. The monoisotopic (exact) mass is 257 g/mol. The van der Waals surface area contributed by atoms with Gasteiger partial charge < -0.3 is 19.5 Å². The largest absolute Gasteiger partial charge is 0.491 e. The topological polar surface area (TPSA) is 56.8 Å². The number of nitrogens with one attached hydrogen (secondary N) is 1. The summed E-state index contributed by atoms with van der Waals surface area (Å²) in [5.41, 5.74) is 0. The molecule has 0 bridgehead atoms. The lowest BCUT2D eigenvalue weighted by molar-refractivity contribution is -0.224. The second kappa shape index (κ2) is 6.18. The van der Waals surface area contributed by atoms with Crippen molar-refractivity contribution in [2.75, 3.05) is 33.4 Å². The van der Waals surface area contributed by atoms with E-state index in [-0.39, 0.29) is 19.1 Å². The minimum Gasteiger partial charge on any atom is -0.428 e. The highest BCUT2D eigenvalue weighted by Crippen LogP contribution is 2.18. The van der Waals surface area contributed by atoms with Crippen molar-refractivity contribution in [3.05, 3.63) is 0 Å². The van der Waals surface area contributed by atoms with Gasteiger partial charge in [-0.3, -0.25) is 0 Å². The molecule has 0 aromatic heterocycles. The first-order valence-corrected chi connectivity index (χ1v) is 5.02. The van der Waals surface area contributed by atoms with E-state index in [9.17, 15) is 18.0 Å². The quantitative estimate of drug-likeness (QED) is 0.737. The maximum Gasteiger partial charge on any atom is 0.491 e. The predicted molar refractivity (Wildman–Crippen MR) is 50.1 cm³/mol. The average molecular weight is 257 g/mol. The summed E-state index contributed by atoms with van der Waals surface area (Å²) >= 11 is 0. The Morgan fingerprint density at radius 1 is 1.47 bits per heavy atom. The number of ether oxygens (including phenoxy) is 3. The number of hydrogen-bond acceptors (Lipinski definition) is 5. The second-order valence-corrected chi connectivity index (χ2v) is 3.65. The van der Waals surface area contributed by atoms with Crippen LogP contribution in [0.5, 0.6) is 0 Å². The second-order valence-electron chi connectivity index (χ2n) is 3.65. The third-order valence-electron chi connectivity index (χ3n) is 2.13. The molecule has 0 spiro atoms. The number of hydrogen-bond donors (Lipinski definition) is 1. The van der Waals surface area contributed by atoms with Crippen LogP contribution in [0.15, 0.2) is 0 Å². The number of esters is 1. The van der Waals surface area contributed by atoms with Gasteiger partial charge in [-0.15, -0.1) is 0 Å². The molecule has 8 heteroatoms. The zero-order valence-electron chi connectivity index (χ0n) is 9.25. The first kappa shape index (κ1) is 14.2. The Morgan fingerprint density at radius 3 is 2.76 bits per heavy atom. The SMILES string of the molecule is COCC1CNCC(OC(=O)C(F)(F)F)OC1. The fraction of sp³-hybridized carbons (Fsp3) is 0.889. The molecule has 2 unspecified atom stereocenters. The third-order valence-corrected chi connectivity index (χ3v) is 2.13. The first-order valence-electron chi connectivity index (χ1n) is 5.02. The summed E-state index contributed by atoms with van der Waals surface area (Å²) in [7, 11) is 1.52. The Labute approximate surface area is 96.2 Å². The molecule has 2 atom stereocenters. The Hall–Kier alpha value is -0.860. The number of carbonyl (C=O) groups is 1. The van der Waals surface area contributed by atoms with Crippen molar-refractivity contribution in [2.45, 2.75) is 12.5 Å². The van der Waals surface area contributed by atoms with Crippen LogP contribution >= 0.6 is 0 Å². The predicted octanol–water partition coefficient (Wildman–Crippen LogP) is 0.300. The molecule has 5 nitrogen and oxygen atoms in total. The van der Waals surface area contributed by atoms with Gasteiger partial charge in [0.2, 0.25) is 6.29 Å². The molecule has 0 aromatic rings. The van der Waals surface area contributed by atoms with E-state index in [0.29, 0.717) is 13.2 Å². The van der Waals surface area contributed by atoms with Gasteiger partial charge in [-0.2, -0.15) is 13.2 Å². The van der Waals surface area contributed by atoms with E-state index in [1.165, 1.54) is 7.11 Å². The zero-order valence-corrected chi connectivity index (χ0v) is 9.25. The Bertz CT molecular complexity index is 259. The first-order chi connectivity index (χ1) is 7.93. The summed E-state index contributed by atoms with van der Waals surface area (Å²) in [5.74, 6) is -2.22. The molecule has 1 aliphatic heterocycles. The van der Waals surface area contributed by atoms with Crippen molar-refractivity contribution < 1.29 is 32.2 Å². The maximum absolute atomic E-state index is 11.9. The van der Waals surface area contributed by atoms with E-state index in [0.717, 1.165) is 0 Å². The van der Waals surface area contributed by atoms with Gasteiger partial charge >= 0.3 is 12.1 Å². The molecule has 0 aromatic carbocycles. The van der Waals surface area contributed by atoms with E-state index >= 15 is 0 Å². The standard InChI is InChI=1S/C9H14F3NO4/c1-15-4-6-2-13-3-7(16-5-6)17-8(14)9(10,11)12/h6-7,13H,2-5H2,1H3. The average Bonchev–Trinajstić information content (AvgIpc) is 2.43. The highest BCUT2D eigenvalue weighted by atomic mass is 19.4. The van der Waals surface area contributed by atoms with Crippen LogP contribution in [0.3, 0.4) is 0 Å². The molecule has 1 N–H and O–H groups in total. The van der Waals surface area contributed by atoms with E-state index in [4.69, 9.17) is 9.47 Å². The van der Waals surface area contributed by atoms with Crippen molar-refractivity contribution in [1.29, 1.82) is 0 Å². The van der Waals surface area contributed by atoms with E-state index in [2.05, 4.69) is 10.1 Å². The molecule has 100 valence electrons. The molecular weight excluding hydrogens is 243 g/mol. The maximum atomic E-state index is 11.9. The van der Waals surface area contributed by atoms with Gasteiger partial charge in [-0.1, -0.05) is 0 Å². The van der Waals surface area contributed by atoms with E-state index < -0.39 is 18.4 Å². The number of carbonyl (C=O) groups excluding carboxylic acids is 1. The minimum absolute atomic E-state index is 0.0228. The number of rotatable bonds is 3. The summed E-state index contributed by atoms with van der Waals surface area (Å²) in [6.45, 7) is 1.17. The van der Waals surface area contributed by atoms with Crippen LogP contribution in [0.1, 0.15) is 0 Å². The van der Waals surface area contributed by atoms with Crippen LogP contribution in [0.2, 0.25) is 0 Å². The van der Waals surface area contributed by atoms with Crippen molar-refractivity contribution in [1.82, 2.24) is 5.32 Å². The highest BCUT2D eigenvalue weighted by molar-refractivity contribution is 5.75. The third kappa shape index (κ3) is 4.88. The van der Waals surface area contributed by atoms with Crippen molar-refractivity contribution >= 4 is 5.97 Å². The van der Waals surface area contributed by atoms with Gasteiger partial charge in [0, 0.05) is 19.6 Å². The van der Waals surface area contributed by atoms with Crippen LogP contribution in [0.25, 0.3) is 0 Å². The van der Waals surface area contributed by atoms with Gasteiger partial charge in [0.1, 0.15) is 0 Å². The van der Waals surface area contributed by atoms with Gasteiger partial charge in [0.15, 0.2) is 0 Å². The smallest absolute Gasteiger partial charge is 0.428 e. The fourth-order valence-electron chi connectivity index (χ4n) is 1.37. The minimum atomic E-state index is -5.00. The van der Waals surface area contributed by atoms with Crippen LogP contribution in [0, 0.1) is 5.92 Å². The number of alkyl halides is 3. The molecule has 0 saturated carbocycles. The van der Waals surface area contributed by atoms with Crippen LogP contribution in [0.4, 0.5) is 13.2 Å². The zero-order chi connectivity index (χ0) is 12.9. The highest BCUT2D eigenvalue weighted by Gasteiger charge is 2.42. The van der Waals surface area contributed by atoms with Crippen molar-refractivity contribution in [3.8, 4) is 0 Å². The molecule has 1 aliphatic rings. The van der Waals surface area contributed by atoms with E-state index in [1.54, 1.807) is 0 Å². The summed E-state index contributed by atoms with van der Waals surface area (Å²) in [6.07, 6.45) is -6.22. The molecule has 0 radical (unpaired) electrons. The molecule has 1 heterocycles. The molecule has 0 amide bonds. The lowest BCUT2D eigenvalue weighted by atomic mass is 10.2. The molecule has 17 heavy (non-hydrogen) atoms. The Morgan fingerprint density at radius 2 is 2.18 bits per heavy atom. The molecule has 1 saturated heterocycles. The fourth-order valence-corrected chi connectivity index (χ4v) is 1.37. The summed E-state index contributed by atoms with van der Waals surface area (Å²) in [6, 6.07) is 0. The normalized spacial score (nSPS) is 26.4. The molecule has 1 rings (SSSR count). The van der Waals surface area contributed by atoms with E-state index in [1.807, 2.05) is 0 Å². The summed E-state index contributed by atoms with van der Waals surface area (Å²) < 4.78 is 49.9. The van der Waals surface area contributed by atoms with Gasteiger partial charge in [-0.25, -0.2) is 4.79 Å². The van der Waals surface area contributed by atoms with Crippen molar-refractivity contribution in [3.63, 3.8) is 0 Å². The molecular formula is C9H14F3NO4. The van der Waals surface area contributed by atoms with Crippen LogP contribution in [-0.2, 0) is 19.0 Å². The Balaban J connectivity index is 2.39. The molecule has 0 aliphatic carbocycles. The number of halogens is 3. The van der Waals surface area contributed by atoms with Crippen LogP contribution < -0.4 is 5.32 Å². The van der Waals surface area contributed by atoms with Gasteiger partial charge in [0.05, 0.1) is 19.8 Å². The summed E-state index contributed by atoms with van der Waals surface area (Å²) in [4.78, 5) is 10.6. The van der Waals surface area contributed by atoms with Gasteiger partial charge in [0.25, 0.3) is 0 Å². The Kier molecular flexibility index (Phi) is 5.16.